The first kappa shape index (κ1) is 19.6. The summed E-state index contributed by atoms with van der Waals surface area (Å²) in [7, 11) is -4.70. The van der Waals surface area contributed by atoms with E-state index in [2.05, 4.69) is 33.9 Å². The van der Waals surface area contributed by atoms with Gasteiger partial charge in [0, 0.05) is 13.0 Å². The lowest BCUT2D eigenvalue weighted by Gasteiger charge is -2.48. The van der Waals surface area contributed by atoms with Gasteiger partial charge >= 0.3 is 0 Å². The van der Waals surface area contributed by atoms with Crippen molar-refractivity contribution in [2.24, 2.45) is 5.41 Å². The zero-order chi connectivity index (χ0) is 17.2. The zero-order valence-corrected chi connectivity index (χ0v) is 16.5. The van der Waals surface area contributed by atoms with Gasteiger partial charge in [0.05, 0.1) is 25.0 Å². The van der Waals surface area contributed by atoms with E-state index in [4.69, 9.17) is 8.61 Å². The lowest BCUT2D eigenvalue weighted by Crippen LogP contribution is -2.58. The van der Waals surface area contributed by atoms with Crippen molar-refractivity contribution in [3.63, 3.8) is 0 Å². The third kappa shape index (κ3) is 4.77. The summed E-state index contributed by atoms with van der Waals surface area (Å²) < 4.78 is 33.0. The van der Waals surface area contributed by atoms with E-state index in [-0.39, 0.29) is 24.5 Å². The van der Waals surface area contributed by atoms with Gasteiger partial charge in [0.25, 0.3) is 10.1 Å². The maximum absolute atomic E-state index is 12.3. The molecule has 1 fully saturated rings. The highest BCUT2D eigenvalue weighted by atomic mass is 32.2. The molecule has 0 spiro atoms. The van der Waals surface area contributed by atoms with Gasteiger partial charge in [-0.1, -0.05) is 20.8 Å². The normalized spacial score (nSPS) is 23.6. The van der Waals surface area contributed by atoms with E-state index in [9.17, 15) is 13.2 Å². The smallest absolute Gasteiger partial charge is 0.264 e. The molecular weight excluding hydrogens is 322 g/mol. The predicted molar refractivity (Wildman–Crippen MR) is 88.8 cm³/mol. The van der Waals surface area contributed by atoms with Crippen LogP contribution in [0.25, 0.3) is 0 Å². The largest absolute Gasteiger partial charge is 0.418 e. The number of amides is 1. The molecule has 0 unspecified atom stereocenters. The van der Waals surface area contributed by atoms with Crippen molar-refractivity contribution in [1.29, 1.82) is 0 Å². The topological polar surface area (TPSA) is 72.9 Å². The van der Waals surface area contributed by atoms with Crippen LogP contribution in [0, 0.1) is 5.41 Å². The van der Waals surface area contributed by atoms with Crippen LogP contribution in [-0.4, -0.2) is 59.8 Å². The van der Waals surface area contributed by atoms with Crippen LogP contribution in [0.15, 0.2) is 0 Å². The Balaban J connectivity index is 2.94. The fraction of sp³-hybridized carbons (Fsp3) is 0.929. The molecule has 0 bridgehead atoms. The second-order valence-corrected chi connectivity index (χ2v) is 11.3. The summed E-state index contributed by atoms with van der Waals surface area (Å²) in [5.74, 6) is 0.0426. The van der Waals surface area contributed by atoms with E-state index in [0.717, 1.165) is 12.7 Å². The van der Waals surface area contributed by atoms with Crippen LogP contribution >= 0.6 is 0 Å². The highest BCUT2D eigenvalue weighted by Gasteiger charge is 2.52. The Hall–Kier alpha value is -0.443. The minimum atomic E-state index is -3.49. The van der Waals surface area contributed by atoms with Crippen molar-refractivity contribution < 1.29 is 21.8 Å². The van der Waals surface area contributed by atoms with Crippen LogP contribution in [0.2, 0.25) is 13.1 Å². The summed E-state index contributed by atoms with van der Waals surface area (Å²) in [5.41, 5.74) is -0.560. The Bertz CT molecular complexity index is 500. The molecule has 0 N–H and O–H groups in total. The molecule has 22 heavy (non-hydrogen) atoms. The number of rotatable bonds is 7. The summed E-state index contributed by atoms with van der Waals surface area (Å²) >= 11 is 0. The van der Waals surface area contributed by atoms with E-state index >= 15 is 0 Å². The van der Waals surface area contributed by atoms with Gasteiger partial charge in [-0.25, -0.2) is 0 Å². The maximum atomic E-state index is 12.3. The summed E-state index contributed by atoms with van der Waals surface area (Å²) in [5, 5.41) is 0. The van der Waals surface area contributed by atoms with E-state index < -0.39 is 24.7 Å². The summed E-state index contributed by atoms with van der Waals surface area (Å²) in [4.78, 5) is 14.1. The first-order valence-corrected chi connectivity index (χ1v) is 12.3. The molecule has 0 radical (unpaired) electrons. The molecule has 1 amide bonds. The molecule has 8 heteroatoms. The fourth-order valence-electron chi connectivity index (χ4n) is 2.89. The molecule has 0 aliphatic carbocycles. The van der Waals surface area contributed by atoms with Gasteiger partial charge in [-0.2, -0.15) is 8.42 Å². The number of carbonyl (C=O) groups excluding carboxylic acids is 1. The number of nitrogens with zero attached hydrogens (tertiary/aromatic N) is 1. The van der Waals surface area contributed by atoms with E-state index in [1.54, 1.807) is 4.90 Å². The Morgan fingerprint density at radius 3 is 2.36 bits per heavy atom. The van der Waals surface area contributed by atoms with Crippen LogP contribution in [0.3, 0.4) is 0 Å². The number of hydrogen-bond donors (Lipinski definition) is 0. The van der Waals surface area contributed by atoms with Gasteiger partial charge in [-0.15, -0.1) is 0 Å². The number of hydrogen-bond acceptors (Lipinski definition) is 5. The molecule has 130 valence electrons. The highest BCUT2D eigenvalue weighted by molar-refractivity contribution is 7.85. The second kappa shape index (κ2) is 6.98. The Kier molecular flexibility index (Phi) is 6.22. The van der Waals surface area contributed by atoms with E-state index in [0.29, 0.717) is 13.0 Å². The van der Waals surface area contributed by atoms with Crippen molar-refractivity contribution >= 4 is 25.1 Å². The quantitative estimate of drug-likeness (QED) is 0.512. The first-order valence-electron chi connectivity index (χ1n) is 7.65. The molecule has 1 heterocycles. The van der Waals surface area contributed by atoms with E-state index in [1.165, 1.54) is 0 Å². The fourth-order valence-corrected chi connectivity index (χ4v) is 3.88. The van der Waals surface area contributed by atoms with E-state index in [1.807, 2.05) is 0 Å². The molecule has 1 rings (SSSR count). The molecule has 1 saturated heterocycles. The average Bonchev–Trinajstić information content (AvgIpc) is 2.63. The summed E-state index contributed by atoms with van der Waals surface area (Å²) in [6, 6.07) is 0. The molecule has 1 atom stereocenters. The second-order valence-electron chi connectivity index (χ2n) is 7.21. The van der Waals surface area contributed by atoms with Crippen LogP contribution in [0.4, 0.5) is 0 Å². The lowest BCUT2D eigenvalue weighted by molar-refractivity contribution is -0.136. The number of likely N-dealkylation sites (tertiary alicyclic amines) is 1. The minimum absolute atomic E-state index is 0.0124. The molecule has 1 aliphatic rings. The molecule has 0 aromatic carbocycles. The molecule has 0 aromatic heterocycles. The van der Waals surface area contributed by atoms with Crippen molar-refractivity contribution in [3.05, 3.63) is 0 Å². The van der Waals surface area contributed by atoms with Gasteiger partial charge in [-0.05, 0) is 24.9 Å². The standard InChI is InChI=1S/C14H29NO5SSi/c1-13(2,3)14(11-20-22(5)6)8-7-12(16)15(14)9-10-19-21(4,17)18/h22H,7-11H2,1-6H3/t14-/m0/s1. The van der Waals surface area contributed by atoms with Crippen LogP contribution in [-0.2, 0) is 23.5 Å². The maximum Gasteiger partial charge on any atom is 0.264 e. The predicted octanol–water partition coefficient (Wildman–Crippen LogP) is 1.37. The van der Waals surface area contributed by atoms with Crippen molar-refractivity contribution in [2.75, 3.05) is 26.0 Å². The van der Waals surface area contributed by atoms with Crippen LogP contribution in [0.5, 0.6) is 0 Å². The van der Waals surface area contributed by atoms with Crippen LogP contribution < -0.4 is 0 Å². The van der Waals surface area contributed by atoms with Gasteiger partial charge in [0.2, 0.25) is 5.91 Å². The zero-order valence-electron chi connectivity index (χ0n) is 14.5. The SMILES string of the molecule is C[SiH](C)OC[C@]1(C(C)(C)C)CCC(=O)N1CCOS(C)(=O)=O. The third-order valence-electron chi connectivity index (χ3n) is 4.23. The van der Waals surface area contributed by atoms with Gasteiger partial charge in [-0.3, -0.25) is 8.98 Å². The van der Waals surface area contributed by atoms with Gasteiger partial charge in [0.1, 0.15) is 0 Å². The third-order valence-corrected chi connectivity index (χ3v) is 5.66. The van der Waals surface area contributed by atoms with Crippen molar-refractivity contribution in [2.45, 2.75) is 52.2 Å². The first-order chi connectivity index (χ1) is 9.89. The highest BCUT2D eigenvalue weighted by Crippen LogP contribution is 2.44. The summed E-state index contributed by atoms with van der Waals surface area (Å²) in [6.45, 7) is 11.3. The summed E-state index contributed by atoms with van der Waals surface area (Å²) in [6.07, 6.45) is 2.22. The molecule has 1 aliphatic heterocycles. The average molecular weight is 352 g/mol. The van der Waals surface area contributed by atoms with Crippen molar-refractivity contribution in [1.82, 2.24) is 4.90 Å². The molecular formula is C14H29NO5SSi. The minimum Gasteiger partial charge on any atom is -0.418 e. The molecule has 0 saturated carbocycles. The Morgan fingerprint density at radius 2 is 1.91 bits per heavy atom. The number of carbonyl (C=O) groups is 1. The lowest BCUT2D eigenvalue weighted by atomic mass is 9.72. The van der Waals surface area contributed by atoms with Gasteiger partial charge in [0.15, 0.2) is 9.04 Å². The van der Waals surface area contributed by atoms with Gasteiger partial charge < -0.3 is 9.33 Å². The molecule has 0 aromatic rings. The molecule has 6 nitrogen and oxygen atoms in total. The monoisotopic (exact) mass is 351 g/mol. The Labute approximate surface area is 136 Å². The Morgan fingerprint density at radius 1 is 1.32 bits per heavy atom. The van der Waals surface area contributed by atoms with Crippen LogP contribution in [0.1, 0.15) is 33.6 Å². The van der Waals surface area contributed by atoms with Crippen molar-refractivity contribution in [3.8, 4) is 0 Å².